The fourth-order valence-corrected chi connectivity index (χ4v) is 2.80. The monoisotopic (exact) mass is 279 g/mol. The number of hydrogen-bond donors (Lipinski definition) is 3. The van der Waals surface area contributed by atoms with E-state index < -0.39 is 0 Å². The van der Waals surface area contributed by atoms with Crippen LogP contribution in [0, 0.1) is 5.92 Å². The molecule has 1 aliphatic rings. The number of para-hydroxylation sites is 1. The first kappa shape index (κ1) is 15.1. The Morgan fingerprint density at radius 2 is 2.10 bits per heavy atom. The van der Waals surface area contributed by atoms with Crippen LogP contribution in [-0.4, -0.2) is 29.5 Å². The maximum Gasteiger partial charge on any atom is 0.162 e. The summed E-state index contributed by atoms with van der Waals surface area (Å²) in [4.78, 5) is 0. The van der Waals surface area contributed by atoms with Crippen molar-refractivity contribution in [1.82, 2.24) is 5.32 Å². The molecule has 0 aromatic heterocycles. The Morgan fingerprint density at radius 1 is 1.30 bits per heavy atom. The van der Waals surface area contributed by atoms with Gasteiger partial charge in [-0.1, -0.05) is 25.0 Å². The summed E-state index contributed by atoms with van der Waals surface area (Å²) in [7, 11) is 0. The van der Waals surface area contributed by atoms with E-state index in [-0.39, 0.29) is 11.9 Å². The molecule has 0 amide bonds. The van der Waals surface area contributed by atoms with E-state index >= 15 is 0 Å². The third-order valence-electron chi connectivity index (χ3n) is 3.97. The molecule has 1 saturated carbocycles. The summed E-state index contributed by atoms with van der Waals surface area (Å²) >= 11 is 0. The molecule has 0 saturated heterocycles. The number of hydrogen-bond acceptors (Lipinski definition) is 4. The van der Waals surface area contributed by atoms with Gasteiger partial charge in [-0.3, -0.25) is 0 Å². The summed E-state index contributed by atoms with van der Waals surface area (Å²) in [5.74, 6) is 1.08. The van der Waals surface area contributed by atoms with Crippen LogP contribution in [0.5, 0.6) is 11.5 Å². The van der Waals surface area contributed by atoms with Crippen LogP contribution in [0.4, 0.5) is 0 Å². The highest BCUT2D eigenvalue weighted by Crippen LogP contribution is 2.30. The first-order valence-electron chi connectivity index (χ1n) is 7.54. The highest BCUT2D eigenvalue weighted by Gasteiger charge is 2.22. The van der Waals surface area contributed by atoms with Gasteiger partial charge in [0.15, 0.2) is 11.5 Å². The fourth-order valence-electron chi connectivity index (χ4n) is 2.80. The van der Waals surface area contributed by atoms with Crippen molar-refractivity contribution in [1.29, 1.82) is 0 Å². The molecule has 0 spiro atoms. The number of aliphatic hydroxyl groups excluding tert-OH is 1. The number of aliphatic hydroxyl groups is 1. The first-order valence-corrected chi connectivity index (χ1v) is 7.54. The van der Waals surface area contributed by atoms with E-state index in [1.165, 1.54) is 6.42 Å². The molecule has 4 heteroatoms. The van der Waals surface area contributed by atoms with Crippen LogP contribution in [0.2, 0.25) is 0 Å². The number of nitrogens with one attached hydrogen (secondary N) is 1. The molecule has 2 unspecified atom stereocenters. The van der Waals surface area contributed by atoms with Gasteiger partial charge in [-0.15, -0.1) is 0 Å². The molecule has 0 aliphatic heterocycles. The molecule has 112 valence electrons. The predicted octanol–water partition coefficient (Wildman–Crippen LogP) is 2.43. The van der Waals surface area contributed by atoms with Gasteiger partial charge in [0.1, 0.15) is 0 Å². The zero-order chi connectivity index (χ0) is 14.4. The van der Waals surface area contributed by atoms with E-state index in [1.54, 1.807) is 6.07 Å². The molecule has 1 fully saturated rings. The molecule has 3 N–H and O–H groups in total. The Labute approximate surface area is 120 Å². The predicted molar refractivity (Wildman–Crippen MR) is 78.9 cm³/mol. The Kier molecular flexibility index (Phi) is 5.68. The van der Waals surface area contributed by atoms with Crippen LogP contribution >= 0.6 is 0 Å². The number of ether oxygens (including phenoxy) is 1. The van der Waals surface area contributed by atoms with Crippen molar-refractivity contribution < 1.29 is 14.9 Å². The molecule has 0 bridgehead atoms. The Bertz CT molecular complexity index is 422. The lowest BCUT2D eigenvalue weighted by molar-refractivity contribution is 0.0695. The Balaban J connectivity index is 1.86. The minimum Gasteiger partial charge on any atom is -0.504 e. The van der Waals surface area contributed by atoms with Crippen molar-refractivity contribution >= 4 is 0 Å². The highest BCUT2D eigenvalue weighted by molar-refractivity contribution is 5.45. The van der Waals surface area contributed by atoms with E-state index in [4.69, 9.17) is 4.74 Å². The van der Waals surface area contributed by atoms with Gasteiger partial charge >= 0.3 is 0 Å². The first-order chi connectivity index (χ1) is 9.72. The summed E-state index contributed by atoms with van der Waals surface area (Å²) in [5, 5.41) is 23.4. The number of benzene rings is 1. The molecule has 2 atom stereocenters. The van der Waals surface area contributed by atoms with E-state index in [0.29, 0.717) is 24.8 Å². The van der Waals surface area contributed by atoms with Crippen LogP contribution in [0.15, 0.2) is 18.2 Å². The average molecular weight is 279 g/mol. The summed E-state index contributed by atoms with van der Waals surface area (Å²) < 4.78 is 5.37. The molecule has 1 aliphatic carbocycles. The smallest absolute Gasteiger partial charge is 0.162 e. The molecule has 0 heterocycles. The summed E-state index contributed by atoms with van der Waals surface area (Å²) in [6, 6.07) is 5.55. The third kappa shape index (κ3) is 3.87. The minimum absolute atomic E-state index is 0.181. The molecular formula is C16H25NO3. The number of rotatable bonds is 6. The molecule has 2 rings (SSSR count). The number of phenolic OH excluding ortho intramolecular Hbond substituents is 1. The van der Waals surface area contributed by atoms with E-state index in [0.717, 1.165) is 31.4 Å². The fraction of sp³-hybridized carbons (Fsp3) is 0.625. The van der Waals surface area contributed by atoms with Crippen molar-refractivity contribution in [3.05, 3.63) is 23.8 Å². The van der Waals surface area contributed by atoms with Crippen molar-refractivity contribution in [2.24, 2.45) is 5.92 Å². The molecule has 1 aromatic carbocycles. The molecular weight excluding hydrogens is 254 g/mol. The average Bonchev–Trinajstić information content (AvgIpc) is 2.45. The topological polar surface area (TPSA) is 61.7 Å². The lowest BCUT2D eigenvalue weighted by atomic mass is 9.86. The van der Waals surface area contributed by atoms with Gasteiger partial charge in [-0.2, -0.15) is 0 Å². The highest BCUT2D eigenvalue weighted by atomic mass is 16.5. The quantitative estimate of drug-likeness (QED) is 0.748. The van der Waals surface area contributed by atoms with Gasteiger partial charge in [0.05, 0.1) is 12.7 Å². The maximum absolute atomic E-state index is 10.1. The van der Waals surface area contributed by atoms with E-state index in [1.807, 2.05) is 19.1 Å². The number of aromatic hydroxyl groups is 1. The summed E-state index contributed by atoms with van der Waals surface area (Å²) in [6.45, 7) is 3.82. The normalized spacial score (nSPS) is 22.7. The van der Waals surface area contributed by atoms with Crippen LogP contribution in [0.1, 0.15) is 38.2 Å². The van der Waals surface area contributed by atoms with Crippen LogP contribution in [0.3, 0.4) is 0 Å². The lowest BCUT2D eigenvalue weighted by Gasteiger charge is -2.27. The lowest BCUT2D eigenvalue weighted by Crippen LogP contribution is -2.33. The van der Waals surface area contributed by atoms with Gasteiger partial charge in [-0.25, -0.2) is 0 Å². The standard InChI is InChI=1S/C16H25NO3/c1-2-20-15-9-5-7-13(16(15)19)11-17-10-12-6-3-4-8-14(12)18/h5,7,9,12,14,17-19H,2-4,6,8,10-11H2,1H3. The molecule has 1 aromatic rings. The third-order valence-corrected chi connectivity index (χ3v) is 3.97. The molecule has 20 heavy (non-hydrogen) atoms. The van der Waals surface area contributed by atoms with Crippen LogP contribution < -0.4 is 10.1 Å². The SMILES string of the molecule is CCOc1cccc(CNCC2CCCCC2O)c1O. The van der Waals surface area contributed by atoms with Crippen molar-refractivity contribution in [3.8, 4) is 11.5 Å². The van der Waals surface area contributed by atoms with Crippen molar-refractivity contribution in [3.63, 3.8) is 0 Å². The molecule has 0 radical (unpaired) electrons. The van der Waals surface area contributed by atoms with Gasteiger partial charge in [0, 0.05) is 18.7 Å². The molecule has 4 nitrogen and oxygen atoms in total. The second-order valence-corrected chi connectivity index (χ2v) is 5.44. The summed E-state index contributed by atoms with van der Waals surface area (Å²) in [5.41, 5.74) is 0.834. The maximum atomic E-state index is 10.1. The van der Waals surface area contributed by atoms with E-state index in [9.17, 15) is 10.2 Å². The van der Waals surface area contributed by atoms with Crippen molar-refractivity contribution in [2.75, 3.05) is 13.2 Å². The zero-order valence-corrected chi connectivity index (χ0v) is 12.1. The summed E-state index contributed by atoms with van der Waals surface area (Å²) in [6.07, 6.45) is 4.15. The largest absolute Gasteiger partial charge is 0.504 e. The van der Waals surface area contributed by atoms with Crippen LogP contribution in [0.25, 0.3) is 0 Å². The van der Waals surface area contributed by atoms with Gasteiger partial charge < -0.3 is 20.3 Å². The minimum atomic E-state index is -0.181. The second kappa shape index (κ2) is 7.50. The Morgan fingerprint density at radius 3 is 2.85 bits per heavy atom. The second-order valence-electron chi connectivity index (χ2n) is 5.44. The van der Waals surface area contributed by atoms with Gasteiger partial charge in [0.25, 0.3) is 0 Å². The van der Waals surface area contributed by atoms with Gasteiger partial charge in [-0.05, 0) is 31.7 Å². The van der Waals surface area contributed by atoms with E-state index in [2.05, 4.69) is 5.32 Å². The van der Waals surface area contributed by atoms with Crippen molar-refractivity contribution in [2.45, 2.75) is 45.3 Å². The Hall–Kier alpha value is -1.26. The van der Waals surface area contributed by atoms with Crippen LogP contribution in [-0.2, 0) is 6.54 Å². The number of phenols is 1. The zero-order valence-electron chi connectivity index (χ0n) is 12.1. The van der Waals surface area contributed by atoms with Gasteiger partial charge in [0.2, 0.25) is 0 Å².